The summed E-state index contributed by atoms with van der Waals surface area (Å²) in [6, 6.07) is 0. The maximum absolute atomic E-state index is 12.6. The zero-order valence-corrected chi connectivity index (χ0v) is 12.8. The van der Waals surface area contributed by atoms with Crippen LogP contribution in [0.15, 0.2) is 0 Å². The smallest absolute Gasteiger partial charge is 0.225 e. The van der Waals surface area contributed by atoms with Gasteiger partial charge in [-0.25, -0.2) is 0 Å². The molecule has 1 saturated heterocycles. The predicted octanol–water partition coefficient (Wildman–Crippen LogP) is 3.71. The maximum Gasteiger partial charge on any atom is 0.225 e. The molecule has 2 heteroatoms. The van der Waals surface area contributed by atoms with Crippen molar-refractivity contribution in [3.8, 4) is 0 Å². The van der Waals surface area contributed by atoms with E-state index in [0.717, 1.165) is 30.8 Å². The molecule has 0 aromatic carbocycles. The van der Waals surface area contributed by atoms with E-state index in [4.69, 9.17) is 0 Å². The van der Waals surface area contributed by atoms with Crippen molar-refractivity contribution in [1.82, 2.24) is 4.90 Å². The summed E-state index contributed by atoms with van der Waals surface area (Å²) >= 11 is 0. The Morgan fingerprint density at radius 2 is 1.68 bits per heavy atom. The van der Waals surface area contributed by atoms with Crippen LogP contribution in [-0.2, 0) is 4.79 Å². The third kappa shape index (κ3) is 2.83. The third-order valence-corrected chi connectivity index (χ3v) is 5.86. The fraction of sp³-hybridized carbons (Fsp3) is 0.941. The van der Waals surface area contributed by atoms with Gasteiger partial charge in [-0.3, -0.25) is 4.79 Å². The molecule has 108 valence electrons. The van der Waals surface area contributed by atoms with Crippen LogP contribution in [0.25, 0.3) is 0 Å². The molecule has 19 heavy (non-hydrogen) atoms. The molecule has 0 spiro atoms. The second-order valence-corrected chi connectivity index (χ2v) is 8.24. The highest BCUT2D eigenvalue weighted by Gasteiger charge is 2.48. The maximum atomic E-state index is 12.6. The summed E-state index contributed by atoms with van der Waals surface area (Å²) in [4.78, 5) is 14.8. The molecule has 0 radical (unpaired) electrons. The van der Waals surface area contributed by atoms with Gasteiger partial charge in [-0.2, -0.15) is 0 Å². The number of likely N-dealkylation sites (tertiary alicyclic amines) is 1. The average Bonchev–Trinajstić information content (AvgIpc) is 3.03. The average molecular weight is 263 g/mol. The first kappa shape index (κ1) is 13.5. The van der Waals surface area contributed by atoms with Gasteiger partial charge in [-0.15, -0.1) is 0 Å². The number of rotatable bonds is 1. The van der Waals surface area contributed by atoms with E-state index < -0.39 is 0 Å². The molecule has 0 aromatic rings. The Kier molecular flexibility index (Phi) is 3.39. The SMILES string of the molecule is CC(C)(C)C1CCCN(C(=O)C2CC3CC3C2)CC1. The quantitative estimate of drug-likeness (QED) is 0.706. The Labute approximate surface area is 117 Å². The predicted molar refractivity (Wildman–Crippen MR) is 77.7 cm³/mol. The van der Waals surface area contributed by atoms with Crippen LogP contribution in [0, 0.1) is 29.1 Å². The van der Waals surface area contributed by atoms with Crippen molar-refractivity contribution in [3.63, 3.8) is 0 Å². The van der Waals surface area contributed by atoms with Crippen LogP contribution in [0.1, 0.15) is 59.3 Å². The van der Waals surface area contributed by atoms with Gasteiger partial charge in [0.15, 0.2) is 0 Å². The van der Waals surface area contributed by atoms with Crippen molar-refractivity contribution in [3.05, 3.63) is 0 Å². The highest BCUT2D eigenvalue weighted by Crippen LogP contribution is 2.54. The van der Waals surface area contributed by atoms with Crippen molar-refractivity contribution in [2.75, 3.05) is 13.1 Å². The van der Waals surface area contributed by atoms with Crippen LogP contribution >= 0.6 is 0 Å². The third-order valence-electron chi connectivity index (χ3n) is 5.86. The van der Waals surface area contributed by atoms with E-state index in [1.807, 2.05) is 0 Å². The number of hydrogen-bond acceptors (Lipinski definition) is 1. The van der Waals surface area contributed by atoms with Crippen molar-refractivity contribution in [2.24, 2.45) is 29.1 Å². The summed E-state index contributed by atoms with van der Waals surface area (Å²) in [7, 11) is 0. The molecule has 0 N–H and O–H groups in total. The molecule has 3 rings (SSSR count). The lowest BCUT2D eigenvalue weighted by Gasteiger charge is -2.30. The molecule has 0 aromatic heterocycles. The van der Waals surface area contributed by atoms with Gasteiger partial charge in [-0.05, 0) is 61.7 Å². The van der Waals surface area contributed by atoms with E-state index in [9.17, 15) is 4.79 Å². The molecule has 2 nitrogen and oxygen atoms in total. The lowest BCUT2D eigenvalue weighted by Crippen LogP contribution is -2.36. The summed E-state index contributed by atoms with van der Waals surface area (Å²) in [6.07, 6.45) is 7.51. The summed E-state index contributed by atoms with van der Waals surface area (Å²) in [6.45, 7) is 9.06. The number of amides is 1. The van der Waals surface area contributed by atoms with Crippen LogP contribution < -0.4 is 0 Å². The van der Waals surface area contributed by atoms with Crippen molar-refractivity contribution >= 4 is 5.91 Å². The Bertz CT molecular complexity index is 347. The minimum absolute atomic E-state index is 0.384. The minimum atomic E-state index is 0.384. The number of carbonyl (C=O) groups is 1. The summed E-state index contributed by atoms with van der Waals surface area (Å²) in [5, 5.41) is 0. The van der Waals surface area contributed by atoms with E-state index in [2.05, 4.69) is 25.7 Å². The first-order chi connectivity index (χ1) is 8.95. The second kappa shape index (κ2) is 4.79. The van der Waals surface area contributed by atoms with Gasteiger partial charge in [0.25, 0.3) is 0 Å². The Morgan fingerprint density at radius 3 is 2.32 bits per heavy atom. The van der Waals surface area contributed by atoms with E-state index in [0.29, 0.717) is 17.2 Å². The monoisotopic (exact) mass is 263 g/mol. The Hall–Kier alpha value is -0.530. The van der Waals surface area contributed by atoms with Crippen LogP contribution in [0.3, 0.4) is 0 Å². The highest BCUT2D eigenvalue weighted by atomic mass is 16.2. The standard InChI is InChI=1S/C17H29NO/c1-17(2,3)15-5-4-7-18(8-6-15)16(19)14-10-12-9-13(12)11-14/h12-15H,4-11H2,1-3H3. The number of hydrogen-bond donors (Lipinski definition) is 0. The Balaban J connectivity index is 1.55. The van der Waals surface area contributed by atoms with Crippen molar-refractivity contribution in [2.45, 2.75) is 59.3 Å². The molecule has 3 aliphatic rings. The van der Waals surface area contributed by atoms with E-state index in [1.54, 1.807) is 0 Å². The lowest BCUT2D eigenvalue weighted by atomic mass is 9.77. The molecule has 0 bridgehead atoms. The van der Waals surface area contributed by atoms with Gasteiger partial charge in [0.05, 0.1) is 0 Å². The number of nitrogens with zero attached hydrogens (tertiary/aromatic N) is 1. The van der Waals surface area contributed by atoms with Gasteiger partial charge >= 0.3 is 0 Å². The zero-order chi connectivity index (χ0) is 13.6. The molecular formula is C17H29NO. The summed E-state index contributed by atoms with van der Waals surface area (Å²) in [5.74, 6) is 3.49. The number of carbonyl (C=O) groups excluding carboxylic acids is 1. The molecule has 1 heterocycles. The molecule has 3 atom stereocenters. The van der Waals surface area contributed by atoms with Crippen molar-refractivity contribution in [1.29, 1.82) is 0 Å². The normalized spacial score (nSPS) is 38.8. The molecule has 3 unspecified atom stereocenters. The van der Waals surface area contributed by atoms with Crippen molar-refractivity contribution < 1.29 is 4.79 Å². The van der Waals surface area contributed by atoms with Crippen LogP contribution in [0.2, 0.25) is 0 Å². The van der Waals surface area contributed by atoms with E-state index in [-0.39, 0.29) is 0 Å². The van der Waals surface area contributed by atoms with E-state index >= 15 is 0 Å². The molecule has 2 aliphatic carbocycles. The summed E-state index contributed by atoms with van der Waals surface area (Å²) < 4.78 is 0. The number of fused-ring (bicyclic) bond motifs is 1. The van der Waals surface area contributed by atoms with Gasteiger partial charge in [0.1, 0.15) is 0 Å². The molecule has 2 saturated carbocycles. The molecule has 3 fully saturated rings. The lowest BCUT2D eigenvalue weighted by molar-refractivity contribution is -0.135. The molecular weight excluding hydrogens is 234 g/mol. The highest BCUT2D eigenvalue weighted by molar-refractivity contribution is 5.79. The van der Waals surface area contributed by atoms with Crippen LogP contribution in [0.4, 0.5) is 0 Å². The van der Waals surface area contributed by atoms with Crippen LogP contribution in [0.5, 0.6) is 0 Å². The van der Waals surface area contributed by atoms with Gasteiger partial charge in [0, 0.05) is 19.0 Å². The summed E-state index contributed by atoms with van der Waals surface area (Å²) in [5.41, 5.74) is 0.397. The van der Waals surface area contributed by atoms with Crippen LogP contribution in [-0.4, -0.2) is 23.9 Å². The minimum Gasteiger partial charge on any atom is -0.342 e. The Morgan fingerprint density at radius 1 is 1.00 bits per heavy atom. The zero-order valence-electron chi connectivity index (χ0n) is 12.8. The molecule has 1 amide bonds. The fourth-order valence-electron chi connectivity index (χ4n) is 4.36. The van der Waals surface area contributed by atoms with Gasteiger partial charge in [-0.1, -0.05) is 20.8 Å². The first-order valence-corrected chi connectivity index (χ1v) is 8.24. The molecule has 1 aliphatic heterocycles. The topological polar surface area (TPSA) is 20.3 Å². The largest absolute Gasteiger partial charge is 0.342 e. The second-order valence-electron chi connectivity index (χ2n) is 8.24. The first-order valence-electron chi connectivity index (χ1n) is 8.24. The fourth-order valence-corrected chi connectivity index (χ4v) is 4.36. The van der Waals surface area contributed by atoms with E-state index in [1.165, 1.54) is 38.5 Å². The van der Waals surface area contributed by atoms with Gasteiger partial charge in [0.2, 0.25) is 5.91 Å². The van der Waals surface area contributed by atoms with Gasteiger partial charge < -0.3 is 4.90 Å².